The van der Waals surface area contributed by atoms with Crippen LogP contribution in [-0.2, 0) is 6.54 Å². The molecule has 0 bridgehead atoms. The molecule has 0 radical (unpaired) electrons. The molecule has 108 valence electrons. The van der Waals surface area contributed by atoms with Crippen molar-refractivity contribution in [2.24, 2.45) is 0 Å². The lowest BCUT2D eigenvalue weighted by Crippen LogP contribution is -2.25. The highest BCUT2D eigenvalue weighted by Crippen LogP contribution is 2.22. The minimum Gasteiger partial charge on any atom is -0.492 e. The van der Waals surface area contributed by atoms with E-state index in [1.165, 1.54) is 0 Å². The molecule has 0 atom stereocenters. The average molecular weight is 295 g/mol. The third-order valence-corrected chi connectivity index (χ3v) is 3.30. The van der Waals surface area contributed by atoms with Crippen LogP contribution in [0.15, 0.2) is 36.9 Å². The highest BCUT2D eigenvalue weighted by atomic mass is 35.5. The van der Waals surface area contributed by atoms with E-state index in [1.54, 1.807) is 12.7 Å². The van der Waals surface area contributed by atoms with Crippen molar-refractivity contribution in [3.8, 4) is 5.75 Å². The Bertz CT molecular complexity index is 504. The van der Waals surface area contributed by atoms with Crippen molar-refractivity contribution in [1.82, 2.24) is 19.7 Å². The smallest absolute Gasteiger partial charge is 0.137 e. The molecule has 1 heterocycles. The molecule has 2 rings (SSSR count). The lowest BCUT2D eigenvalue weighted by atomic mass is 10.3. The first-order valence-electron chi connectivity index (χ1n) is 6.64. The summed E-state index contributed by atoms with van der Waals surface area (Å²) in [6, 6.07) is 7.54. The van der Waals surface area contributed by atoms with Crippen LogP contribution in [0.3, 0.4) is 0 Å². The van der Waals surface area contributed by atoms with Crippen LogP contribution < -0.4 is 4.74 Å². The van der Waals surface area contributed by atoms with Crippen LogP contribution >= 0.6 is 11.6 Å². The summed E-state index contributed by atoms with van der Waals surface area (Å²) in [6.07, 6.45) is 4.42. The summed E-state index contributed by atoms with van der Waals surface area (Å²) < 4.78 is 7.62. The minimum absolute atomic E-state index is 0.661. The van der Waals surface area contributed by atoms with Crippen LogP contribution in [-0.4, -0.2) is 46.4 Å². The fraction of sp³-hybridized carbons (Fsp3) is 0.429. The maximum absolute atomic E-state index is 6.02. The number of halogens is 1. The third kappa shape index (κ3) is 4.83. The van der Waals surface area contributed by atoms with E-state index in [0.29, 0.717) is 11.6 Å². The van der Waals surface area contributed by atoms with Gasteiger partial charge in [-0.2, -0.15) is 0 Å². The summed E-state index contributed by atoms with van der Waals surface area (Å²) in [5.74, 6) is 0.751. The van der Waals surface area contributed by atoms with E-state index in [-0.39, 0.29) is 0 Å². The molecule has 0 spiro atoms. The zero-order chi connectivity index (χ0) is 14.2. The molecule has 0 aliphatic rings. The molecule has 1 aromatic heterocycles. The molecule has 0 aliphatic carbocycles. The van der Waals surface area contributed by atoms with Gasteiger partial charge >= 0.3 is 0 Å². The van der Waals surface area contributed by atoms with Gasteiger partial charge in [-0.15, -0.1) is 10.2 Å². The summed E-state index contributed by atoms with van der Waals surface area (Å²) in [7, 11) is 2.10. The van der Waals surface area contributed by atoms with Gasteiger partial charge in [-0.1, -0.05) is 23.7 Å². The molecule has 0 saturated heterocycles. The molecule has 0 unspecified atom stereocenters. The van der Waals surface area contributed by atoms with Gasteiger partial charge in [0.25, 0.3) is 0 Å². The van der Waals surface area contributed by atoms with E-state index in [1.807, 2.05) is 28.8 Å². The van der Waals surface area contributed by atoms with Crippen molar-refractivity contribution in [3.05, 3.63) is 41.9 Å². The van der Waals surface area contributed by atoms with Gasteiger partial charge in [0.1, 0.15) is 18.4 Å². The van der Waals surface area contributed by atoms with E-state index in [9.17, 15) is 0 Å². The number of nitrogens with zero attached hydrogens (tertiary/aromatic N) is 4. The molecular formula is C14H19ClN4O. The Morgan fingerprint density at radius 1 is 1.20 bits per heavy atom. The molecule has 0 aliphatic heterocycles. The molecule has 0 N–H and O–H groups in total. The number of ether oxygens (including phenoxy) is 1. The number of hydrogen-bond donors (Lipinski definition) is 0. The molecule has 6 heteroatoms. The minimum atomic E-state index is 0.661. The Morgan fingerprint density at radius 3 is 2.70 bits per heavy atom. The monoisotopic (exact) mass is 294 g/mol. The van der Waals surface area contributed by atoms with Crippen LogP contribution in [0.4, 0.5) is 0 Å². The summed E-state index contributed by atoms with van der Waals surface area (Å²) in [6.45, 7) is 3.51. The summed E-state index contributed by atoms with van der Waals surface area (Å²) in [4.78, 5) is 2.26. The normalized spacial score (nSPS) is 10.9. The first-order chi connectivity index (χ1) is 9.75. The number of para-hydroxylation sites is 1. The van der Waals surface area contributed by atoms with Gasteiger partial charge in [-0.05, 0) is 25.6 Å². The van der Waals surface area contributed by atoms with Crippen LogP contribution in [0.5, 0.6) is 5.75 Å². The van der Waals surface area contributed by atoms with Crippen molar-refractivity contribution in [2.75, 3.05) is 26.7 Å². The molecule has 5 nitrogen and oxygen atoms in total. The van der Waals surface area contributed by atoms with Crippen LogP contribution in [0.25, 0.3) is 0 Å². The zero-order valence-corrected chi connectivity index (χ0v) is 12.3. The van der Waals surface area contributed by atoms with Gasteiger partial charge in [-0.25, -0.2) is 0 Å². The largest absolute Gasteiger partial charge is 0.492 e. The maximum atomic E-state index is 6.02. The number of likely N-dealkylation sites (N-methyl/N-ethyl adjacent to an activating group) is 1. The highest BCUT2D eigenvalue weighted by molar-refractivity contribution is 6.32. The molecule has 2 aromatic rings. The lowest BCUT2D eigenvalue weighted by molar-refractivity contribution is 0.257. The van der Waals surface area contributed by atoms with Crippen molar-refractivity contribution >= 4 is 11.6 Å². The first-order valence-corrected chi connectivity index (χ1v) is 7.02. The van der Waals surface area contributed by atoms with Gasteiger partial charge in [-0.3, -0.25) is 0 Å². The number of hydrogen-bond acceptors (Lipinski definition) is 4. The quantitative estimate of drug-likeness (QED) is 0.701. The molecule has 0 fully saturated rings. The predicted molar refractivity (Wildman–Crippen MR) is 79.1 cm³/mol. The summed E-state index contributed by atoms with van der Waals surface area (Å²) in [5, 5.41) is 8.22. The molecule has 0 amide bonds. The van der Waals surface area contributed by atoms with Crippen molar-refractivity contribution in [3.63, 3.8) is 0 Å². The van der Waals surface area contributed by atoms with E-state index >= 15 is 0 Å². The zero-order valence-electron chi connectivity index (χ0n) is 11.6. The average Bonchev–Trinajstić information content (AvgIpc) is 2.96. The summed E-state index contributed by atoms with van der Waals surface area (Å²) >= 11 is 6.02. The molecular weight excluding hydrogens is 276 g/mol. The second-order valence-electron chi connectivity index (χ2n) is 4.64. The van der Waals surface area contributed by atoms with E-state index in [4.69, 9.17) is 16.3 Å². The van der Waals surface area contributed by atoms with E-state index < -0.39 is 0 Å². The number of aromatic nitrogens is 3. The SMILES string of the molecule is CN(CCCOc1ccccc1Cl)CCn1cnnc1. The van der Waals surface area contributed by atoms with E-state index in [0.717, 1.165) is 31.8 Å². The molecule has 0 saturated carbocycles. The third-order valence-electron chi connectivity index (χ3n) is 2.98. The van der Waals surface area contributed by atoms with Gasteiger partial charge in [0.15, 0.2) is 0 Å². The Labute approximate surface area is 124 Å². The van der Waals surface area contributed by atoms with Crippen LogP contribution in [0, 0.1) is 0 Å². The Balaban J connectivity index is 1.60. The fourth-order valence-electron chi connectivity index (χ4n) is 1.81. The first kappa shape index (κ1) is 14.8. The molecule has 20 heavy (non-hydrogen) atoms. The second kappa shape index (κ2) is 7.87. The van der Waals surface area contributed by atoms with Gasteiger partial charge < -0.3 is 14.2 Å². The highest BCUT2D eigenvalue weighted by Gasteiger charge is 2.01. The van der Waals surface area contributed by atoms with Crippen LogP contribution in [0.2, 0.25) is 5.02 Å². The van der Waals surface area contributed by atoms with Gasteiger partial charge in [0.2, 0.25) is 0 Å². The maximum Gasteiger partial charge on any atom is 0.137 e. The topological polar surface area (TPSA) is 43.2 Å². The van der Waals surface area contributed by atoms with Crippen molar-refractivity contribution in [1.29, 1.82) is 0 Å². The summed E-state index contributed by atoms with van der Waals surface area (Å²) in [5.41, 5.74) is 0. The van der Waals surface area contributed by atoms with Gasteiger partial charge in [0, 0.05) is 19.6 Å². The Kier molecular flexibility index (Phi) is 5.83. The fourth-order valence-corrected chi connectivity index (χ4v) is 2.00. The van der Waals surface area contributed by atoms with Crippen molar-refractivity contribution in [2.45, 2.75) is 13.0 Å². The second-order valence-corrected chi connectivity index (χ2v) is 5.04. The number of rotatable bonds is 8. The Morgan fingerprint density at radius 2 is 1.95 bits per heavy atom. The molecule has 1 aromatic carbocycles. The van der Waals surface area contributed by atoms with Crippen molar-refractivity contribution < 1.29 is 4.74 Å². The van der Waals surface area contributed by atoms with E-state index in [2.05, 4.69) is 22.1 Å². The Hall–Kier alpha value is -1.59. The predicted octanol–water partition coefficient (Wildman–Crippen LogP) is 2.33. The van der Waals surface area contributed by atoms with Crippen LogP contribution in [0.1, 0.15) is 6.42 Å². The number of benzene rings is 1. The standard InChI is InChI=1S/C14H19ClN4O/c1-18(8-9-19-11-16-17-12-19)7-4-10-20-14-6-3-2-5-13(14)15/h2-3,5-6,11-12H,4,7-10H2,1H3. The van der Waals surface area contributed by atoms with Gasteiger partial charge in [0.05, 0.1) is 11.6 Å². The lowest BCUT2D eigenvalue weighted by Gasteiger charge is -2.16.